The molecule has 4 fully saturated rings. The van der Waals surface area contributed by atoms with E-state index in [-0.39, 0.29) is 12.4 Å². The maximum absolute atomic E-state index is 4.76. The molecule has 128 valence electrons. The zero-order valence-corrected chi connectivity index (χ0v) is 15.0. The zero-order valence-electron chi connectivity index (χ0n) is 14.2. The van der Waals surface area contributed by atoms with Gasteiger partial charge in [-0.25, -0.2) is 4.99 Å². The first-order valence-electron chi connectivity index (χ1n) is 9.07. The van der Waals surface area contributed by atoms with E-state index in [9.17, 15) is 0 Å². The largest absolute Gasteiger partial charge is 0.384 e. The van der Waals surface area contributed by atoms with E-state index in [2.05, 4.69) is 41.6 Å². The first kappa shape index (κ1) is 16.0. The average Bonchev–Trinajstić information content (AvgIpc) is 3.12. The molecule has 0 unspecified atom stereocenters. The van der Waals surface area contributed by atoms with Crippen LogP contribution in [0.5, 0.6) is 0 Å². The van der Waals surface area contributed by atoms with Crippen LogP contribution in [-0.2, 0) is 0 Å². The molecule has 0 aromatic carbocycles. The van der Waals surface area contributed by atoms with E-state index < -0.39 is 0 Å². The number of hydrogen-bond donors (Lipinski definition) is 2. The normalized spacial score (nSPS) is 37.6. The van der Waals surface area contributed by atoms with Gasteiger partial charge in [0.15, 0.2) is 0 Å². The third kappa shape index (κ3) is 2.73. The molecule has 4 saturated carbocycles. The molecule has 1 aromatic heterocycles. The van der Waals surface area contributed by atoms with Crippen LogP contribution in [0.2, 0.25) is 0 Å². The molecule has 24 heavy (non-hydrogen) atoms. The Morgan fingerprint density at radius 2 is 1.79 bits per heavy atom. The Hall–Kier alpha value is -1.48. The second kappa shape index (κ2) is 5.80. The third-order valence-electron chi connectivity index (χ3n) is 6.33. The van der Waals surface area contributed by atoms with Crippen molar-refractivity contribution in [2.45, 2.75) is 51.0 Å². The van der Waals surface area contributed by atoms with Gasteiger partial charge in [-0.05, 0) is 87.0 Å². The maximum Gasteiger partial charge on any atom is 0.0873 e. The number of aliphatic imine (C=N–C) groups is 1. The number of allylic oxidation sites excluding steroid dienone is 2. The second-order valence-electron chi connectivity index (χ2n) is 8.33. The van der Waals surface area contributed by atoms with Crippen LogP contribution in [0.1, 0.15) is 49.8 Å². The lowest BCUT2D eigenvalue weighted by molar-refractivity contribution is -0.0130. The van der Waals surface area contributed by atoms with Gasteiger partial charge >= 0.3 is 0 Å². The predicted octanol–water partition coefficient (Wildman–Crippen LogP) is 4.50. The number of aryl methyl sites for hydroxylation is 1. The van der Waals surface area contributed by atoms with E-state index in [1.807, 2.05) is 6.20 Å². The standard InChI is InChI=1S/C20H25N3.ClH/c1-13-4-19(21-11-13)18-3-2-17(23-18)12-22-20-8-14-5-15(9-20)7-16(6-14)10-20;/h2-4,11-12,14-16,21-22H,5-10H2,1H3;1H. The van der Waals surface area contributed by atoms with Gasteiger partial charge in [0.25, 0.3) is 0 Å². The lowest BCUT2D eigenvalue weighted by atomic mass is 9.53. The minimum absolute atomic E-state index is 0. The monoisotopic (exact) mass is 343 g/mol. The summed E-state index contributed by atoms with van der Waals surface area (Å²) in [6.45, 7) is 2.10. The molecule has 3 nitrogen and oxygen atoms in total. The van der Waals surface area contributed by atoms with Gasteiger partial charge < -0.3 is 10.3 Å². The number of rotatable bonds is 3. The van der Waals surface area contributed by atoms with Crippen LogP contribution >= 0.6 is 12.4 Å². The Morgan fingerprint density at radius 3 is 2.38 bits per heavy atom. The van der Waals surface area contributed by atoms with Gasteiger partial charge in [-0.1, -0.05) is 0 Å². The van der Waals surface area contributed by atoms with Crippen LogP contribution in [-0.4, -0.2) is 16.2 Å². The summed E-state index contributed by atoms with van der Waals surface area (Å²) in [4.78, 5) is 8.05. The van der Waals surface area contributed by atoms with Crippen molar-refractivity contribution in [3.05, 3.63) is 47.6 Å². The summed E-state index contributed by atoms with van der Waals surface area (Å²) in [7, 11) is 0. The summed E-state index contributed by atoms with van der Waals surface area (Å²) < 4.78 is 0. The van der Waals surface area contributed by atoms with Crippen LogP contribution in [0.3, 0.4) is 0 Å². The first-order chi connectivity index (χ1) is 11.2. The molecule has 0 radical (unpaired) electrons. The van der Waals surface area contributed by atoms with Crippen molar-refractivity contribution in [3.63, 3.8) is 0 Å². The molecule has 0 amide bonds. The van der Waals surface area contributed by atoms with Gasteiger partial charge in [-0.15, -0.1) is 12.4 Å². The first-order valence-corrected chi connectivity index (χ1v) is 9.07. The number of aromatic nitrogens is 1. The summed E-state index contributed by atoms with van der Waals surface area (Å²) in [5.41, 5.74) is 4.83. The zero-order chi connectivity index (χ0) is 15.4. The van der Waals surface area contributed by atoms with Crippen molar-refractivity contribution in [2.24, 2.45) is 22.7 Å². The Balaban J connectivity index is 0.00000146. The molecule has 1 aromatic rings. The molecular weight excluding hydrogens is 318 g/mol. The highest BCUT2D eigenvalue weighted by molar-refractivity contribution is 6.10. The van der Waals surface area contributed by atoms with Gasteiger partial charge in [0.05, 0.1) is 17.1 Å². The molecule has 4 heteroatoms. The Morgan fingerprint density at radius 1 is 1.12 bits per heavy atom. The minimum atomic E-state index is 0. The lowest BCUT2D eigenvalue weighted by Crippen LogP contribution is -2.56. The maximum atomic E-state index is 4.76. The number of hydrogen-bond acceptors (Lipinski definition) is 2. The SMILES string of the molecule is Cc1c[nH]c(C2=NC(=CNC34CC5CC(CC(C5)C3)C4)C=C2)c1.Cl. The number of nitrogens with one attached hydrogen (secondary N) is 2. The van der Waals surface area contributed by atoms with Crippen molar-refractivity contribution in [1.82, 2.24) is 10.3 Å². The van der Waals surface area contributed by atoms with Crippen LogP contribution in [0.25, 0.3) is 0 Å². The molecule has 1 aliphatic heterocycles. The van der Waals surface area contributed by atoms with Gasteiger partial charge in [0.1, 0.15) is 0 Å². The Kier molecular flexibility index (Phi) is 3.87. The molecular formula is C20H26ClN3. The third-order valence-corrected chi connectivity index (χ3v) is 6.33. The summed E-state index contributed by atoms with van der Waals surface area (Å²) in [5, 5.41) is 3.82. The quantitative estimate of drug-likeness (QED) is 0.833. The Labute approximate surface area is 150 Å². The fraction of sp³-hybridized carbons (Fsp3) is 0.550. The lowest BCUT2D eigenvalue weighted by Gasteiger charge is -2.56. The Bertz CT molecular complexity index is 690. The van der Waals surface area contributed by atoms with E-state index in [1.54, 1.807) is 0 Å². The highest BCUT2D eigenvalue weighted by Crippen LogP contribution is 2.55. The van der Waals surface area contributed by atoms with Crippen molar-refractivity contribution in [1.29, 1.82) is 0 Å². The number of nitrogens with zero attached hydrogens (tertiary/aromatic N) is 1. The molecule has 4 bridgehead atoms. The summed E-state index contributed by atoms with van der Waals surface area (Å²) >= 11 is 0. The molecule has 0 saturated heterocycles. The van der Waals surface area contributed by atoms with Crippen molar-refractivity contribution < 1.29 is 0 Å². The molecule has 0 spiro atoms. The number of aromatic amines is 1. The van der Waals surface area contributed by atoms with E-state index >= 15 is 0 Å². The van der Waals surface area contributed by atoms with Crippen molar-refractivity contribution >= 4 is 18.1 Å². The number of H-pyrrole nitrogens is 1. The molecule has 2 N–H and O–H groups in total. The average molecular weight is 344 g/mol. The van der Waals surface area contributed by atoms with E-state index in [4.69, 9.17) is 4.99 Å². The molecule has 4 aliphatic carbocycles. The van der Waals surface area contributed by atoms with E-state index in [0.29, 0.717) is 5.54 Å². The van der Waals surface area contributed by atoms with Crippen LogP contribution < -0.4 is 5.32 Å². The molecule has 2 heterocycles. The summed E-state index contributed by atoms with van der Waals surface area (Å²) in [6, 6.07) is 2.15. The topological polar surface area (TPSA) is 40.2 Å². The van der Waals surface area contributed by atoms with Crippen molar-refractivity contribution in [2.75, 3.05) is 0 Å². The molecule has 5 aliphatic rings. The highest BCUT2D eigenvalue weighted by atomic mass is 35.5. The smallest absolute Gasteiger partial charge is 0.0873 e. The van der Waals surface area contributed by atoms with Crippen LogP contribution in [0, 0.1) is 24.7 Å². The van der Waals surface area contributed by atoms with Crippen LogP contribution in [0.4, 0.5) is 0 Å². The van der Waals surface area contributed by atoms with E-state index in [0.717, 1.165) is 34.9 Å². The van der Waals surface area contributed by atoms with Gasteiger partial charge in [-0.3, -0.25) is 0 Å². The summed E-state index contributed by atoms with van der Waals surface area (Å²) in [6.07, 6.45) is 17.0. The van der Waals surface area contributed by atoms with Gasteiger partial charge in [0.2, 0.25) is 0 Å². The number of halogens is 1. The fourth-order valence-corrected chi connectivity index (χ4v) is 5.77. The van der Waals surface area contributed by atoms with Gasteiger partial charge in [0, 0.05) is 17.9 Å². The summed E-state index contributed by atoms with van der Waals surface area (Å²) in [5.74, 6) is 2.94. The predicted molar refractivity (Wildman–Crippen MR) is 101 cm³/mol. The fourth-order valence-electron chi connectivity index (χ4n) is 5.77. The van der Waals surface area contributed by atoms with Gasteiger partial charge in [-0.2, -0.15) is 0 Å². The van der Waals surface area contributed by atoms with Crippen molar-refractivity contribution in [3.8, 4) is 0 Å². The molecule has 0 atom stereocenters. The molecule has 6 rings (SSSR count). The van der Waals surface area contributed by atoms with Crippen LogP contribution in [0.15, 0.2) is 41.3 Å². The second-order valence-corrected chi connectivity index (χ2v) is 8.33. The minimum Gasteiger partial charge on any atom is -0.384 e. The van der Waals surface area contributed by atoms with E-state index in [1.165, 1.54) is 44.1 Å². The highest BCUT2D eigenvalue weighted by Gasteiger charge is 2.50.